The molecule has 0 unspecified atom stereocenters. The number of rotatable bonds is 1. The maximum atomic E-state index is 10.00. The van der Waals surface area contributed by atoms with E-state index in [-0.39, 0.29) is 5.41 Å². The van der Waals surface area contributed by atoms with Crippen molar-refractivity contribution >= 4 is 6.29 Å². The van der Waals surface area contributed by atoms with Gasteiger partial charge in [-0.15, -0.1) is 0 Å². The SMILES string of the molecule is CC1(C)COC([C]=O)OC1. The molecule has 0 saturated carbocycles. The minimum absolute atomic E-state index is 0.0351. The lowest BCUT2D eigenvalue weighted by Crippen LogP contribution is -2.38. The fourth-order valence-corrected chi connectivity index (χ4v) is 0.760. The summed E-state index contributed by atoms with van der Waals surface area (Å²) < 4.78 is 9.99. The first-order valence-electron chi connectivity index (χ1n) is 3.25. The van der Waals surface area contributed by atoms with Crippen LogP contribution in [0.4, 0.5) is 0 Å². The van der Waals surface area contributed by atoms with Crippen molar-refractivity contribution in [3.63, 3.8) is 0 Å². The van der Waals surface area contributed by atoms with Crippen molar-refractivity contribution in [3.05, 3.63) is 0 Å². The van der Waals surface area contributed by atoms with Gasteiger partial charge >= 0.3 is 0 Å². The monoisotopic (exact) mass is 143 g/mol. The van der Waals surface area contributed by atoms with Crippen LogP contribution in [-0.4, -0.2) is 25.8 Å². The van der Waals surface area contributed by atoms with Crippen LogP contribution < -0.4 is 0 Å². The van der Waals surface area contributed by atoms with Gasteiger partial charge in [0.1, 0.15) is 0 Å². The van der Waals surface area contributed by atoms with E-state index in [2.05, 4.69) is 0 Å². The van der Waals surface area contributed by atoms with Gasteiger partial charge in [0.15, 0.2) is 0 Å². The third-order valence-electron chi connectivity index (χ3n) is 1.35. The van der Waals surface area contributed by atoms with Gasteiger partial charge in [0.25, 0.3) is 6.29 Å². The van der Waals surface area contributed by atoms with E-state index in [1.807, 2.05) is 13.8 Å². The molecule has 1 saturated heterocycles. The van der Waals surface area contributed by atoms with Gasteiger partial charge in [-0.1, -0.05) is 13.8 Å². The van der Waals surface area contributed by atoms with Crippen molar-refractivity contribution in [2.24, 2.45) is 5.41 Å². The second-order valence-corrected chi connectivity index (χ2v) is 3.24. The number of hydrogen-bond donors (Lipinski definition) is 0. The molecule has 0 aromatic heterocycles. The second kappa shape index (κ2) is 2.68. The third-order valence-corrected chi connectivity index (χ3v) is 1.35. The Morgan fingerprint density at radius 3 is 2.30 bits per heavy atom. The van der Waals surface area contributed by atoms with Gasteiger partial charge in [0.2, 0.25) is 6.29 Å². The largest absolute Gasteiger partial charge is 0.345 e. The molecule has 0 amide bonds. The maximum Gasteiger partial charge on any atom is 0.259 e. The Morgan fingerprint density at radius 2 is 1.90 bits per heavy atom. The van der Waals surface area contributed by atoms with Crippen LogP contribution in [0.25, 0.3) is 0 Å². The van der Waals surface area contributed by atoms with Crippen LogP contribution in [0.3, 0.4) is 0 Å². The van der Waals surface area contributed by atoms with Gasteiger partial charge in [-0.25, -0.2) is 0 Å². The summed E-state index contributed by atoms with van der Waals surface area (Å²) in [4.78, 5) is 10.00. The van der Waals surface area contributed by atoms with Gasteiger partial charge in [0, 0.05) is 5.41 Å². The van der Waals surface area contributed by atoms with Gasteiger partial charge in [-0.3, -0.25) is 4.79 Å². The molecule has 3 nitrogen and oxygen atoms in total. The Morgan fingerprint density at radius 1 is 1.40 bits per heavy atom. The molecule has 1 aliphatic rings. The van der Waals surface area contributed by atoms with E-state index >= 15 is 0 Å². The van der Waals surface area contributed by atoms with E-state index in [1.54, 1.807) is 6.29 Å². The van der Waals surface area contributed by atoms with E-state index in [4.69, 9.17) is 9.47 Å². The zero-order valence-corrected chi connectivity index (χ0v) is 6.22. The summed E-state index contributed by atoms with van der Waals surface area (Å²) in [6.45, 7) is 5.17. The molecule has 0 aromatic rings. The lowest BCUT2D eigenvalue weighted by Gasteiger charge is -2.31. The second-order valence-electron chi connectivity index (χ2n) is 3.24. The zero-order chi connectivity index (χ0) is 7.61. The average Bonchev–Trinajstić information content (AvgIpc) is 1.88. The lowest BCUT2D eigenvalue weighted by atomic mass is 9.96. The molecule has 10 heavy (non-hydrogen) atoms. The first-order valence-corrected chi connectivity index (χ1v) is 3.25. The van der Waals surface area contributed by atoms with E-state index in [9.17, 15) is 4.79 Å². The summed E-state index contributed by atoms with van der Waals surface area (Å²) >= 11 is 0. The molecule has 1 radical (unpaired) electrons. The van der Waals surface area contributed by atoms with Gasteiger partial charge < -0.3 is 9.47 Å². The van der Waals surface area contributed by atoms with E-state index in [0.717, 1.165) is 0 Å². The van der Waals surface area contributed by atoms with Crippen molar-refractivity contribution in [2.75, 3.05) is 13.2 Å². The van der Waals surface area contributed by atoms with Crippen LogP contribution in [0.5, 0.6) is 0 Å². The summed E-state index contributed by atoms with van der Waals surface area (Å²) in [7, 11) is 0. The number of carbonyl (C=O) groups excluding carboxylic acids is 1. The molecule has 1 aliphatic heterocycles. The van der Waals surface area contributed by atoms with Crippen LogP contribution >= 0.6 is 0 Å². The molecule has 1 heterocycles. The lowest BCUT2D eigenvalue weighted by molar-refractivity contribution is -0.187. The smallest absolute Gasteiger partial charge is 0.259 e. The van der Waals surface area contributed by atoms with E-state index in [0.29, 0.717) is 13.2 Å². The average molecular weight is 143 g/mol. The molecule has 0 aromatic carbocycles. The number of ether oxygens (including phenoxy) is 2. The van der Waals surface area contributed by atoms with Gasteiger partial charge in [0.05, 0.1) is 13.2 Å². The Kier molecular flexibility index (Phi) is 2.06. The van der Waals surface area contributed by atoms with Crippen LogP contribution in [0.15, 0.2) is 0 Å². The Balaban J connectivity index is 2.38. The van der Waals surface area contributed by atoms with Crippen LogP contribution in [0, 0.1) is 5.41 Å². The van der Waals surface area contributed by atoms with Crippen LogP contribution in [0.2, 0.25) is 0 Å². The molecular weight excluding hydrogens is 132 g/mol. The minimum atomic E-state index is -0.756. The Hall–Kier alpha value is -0.410. The summed E-state index contributed by atoms with van der Waals surface area (Å²) in [5, 5.41) is 0. The molecule has 1 rings (SSSR count). The van der Waals surface area contributed by atoms with Crippen molar-refractivity contribution in [2.45, 2.75) is 20.1 Å². The summed E-state index contributed by atoms with van der Waals surface area (Å²) in [5.41, 5.74) is 0.0351. The minimum Gasteiger partial charge on any atom is -0.345 e. The molecule has 0 N–H and O–H groups in total. The summed E-state index contributed by atoms with van der Waals surface area (Å²) in [6, 6.07) is 0. The van der Waals surface area contributed by atoms with Crippen LogP contribution in [0.1, 0.15) is 13.8 Å². The maximum absolute atomic E-state index is 10.00. The molecule has 3 heteroatoms. The van der Waals surface area contributed by atoms with Crippen molar-refractivity contribution in [1.82, 2.24) is 0 Å². The summed E-state index contributed by atoms with van der Waals surface area (Å²) in [5.74, 6) is 0. The first-order chi connectivity index (χ1) is 4.64. The molecular formula is C7H11O3. The normalized spacial score (nSPS) is 26.2. The fraction of sp³-hybridized carbons (Fsp3) is 0.857. The highest BCUT2D eigenvalue weighted by Gasteiger charge is 2.28. The van der Waals surface area contributed by atoms with Crippen molar-refractivity contribution in [3.8, 4) is 0 Å². The van der Waals surface area contributed by atoms with Crippen molar-refractivity contribution < 1.29 is 14.3 Å². The van der Waals surface area contributed by atoms with Crippen molar-refractivity contribution in [1.29, 1.82) is 0 Å². The van der Waals surface area contributed by atoms with E-state index < -0.39 is 6.29 Å². The first kappa shape index (κ1) is 7.69. The molecule has 0 bridgehead atoms. The van der Waals surface area contributed by atoms with Gasteiger partial charge in [-0.05, 0) is 0 Å². The van der Waals surface area contributed by atoms with Crippen LogP contribution in [-0.2, 0) is 14.3 Å². The highest BCUT2D eigenvalue weighted by atomic mass is 16.7. The Labute approximate surface area is 60.3 Å². The number of hydrogen-bond acceptors (Lipinski definition) is 3. The van der Waals surface area contributed by atoms with E-state index in [1.165, 1.54) is 0 Å². The summed E-state index contributed by atoms with van der Waals surface area (Å²) in [6.07, 6.45) is 0.891. The molecule has 0 spiro atoms. The molecule has 57 valence electrons. The molecule has 0 atom stereocenters. The molecule has 1 fully saturated rings. The van der Waals surface area contributed by atoms with Gasteiger partial charge in [-0.2, -0.15) is 0 Å². The predicted octanol–water partition coefficient (Wildman–Crippen LogP) is 0.495. The topological polar surface area (TPSA) is 35.5 Å². The standard InChI is InChI=1S/C7H11O3/c1-7(2)4-9-6(3-8)10-5-7/h6H,4-5H2,1-2H3. The Bertz CT molecular complexity index is 121. The quantitative estimate of drug-likeness (QED) is 0.536. The predicted molar refractivity (Wildman–Crippen MR) is 35.2 cm³/mol. The highest BCUT2D eigenvalue weighted by Crippen LogP contribution is 2.21. The zero-order valence-electron chi connectivity index (χ0n) is 6.22. The molecule has 0 aliphatic carbocycles. The third kappa shape index (κ3) is 1.78. The fourth-order valence-electron chi connectivity index (χ4n) is 0.760. The highest BCUT2D eigenvalue weighted by molar-refractivity contribution is 5.54.